The van der Waals surface area contributed by atoms with Crippen LogP contribution in [0.4, 0.5) is 5.13 Å². The number of carbonyl (C=O) groups excluding carboxylic acids is 1. The first-order valence-corrected chi connectivity index (χ1v) is 9.31. The largest absolute Gasteiger partial charge is 0.454 e. The maximum atomic E-state index is 12.3. The van der Waals surface area contributed by atoms with Crippen molar-refractivity contribution < 1.29 is 9.21 Å². The fraction of sp³-hybridized carbons (Fsp3) is 0.333. The smallest absolute Gasteiger partial charge is 0.293 e. The van der Waals surface area contributed by atoms with Crippen molar-refractivity contribution in [3.63, 3.8) is 0 Å². The fourth-order valence-electron chi connectivity index (χ4n) is 2.59. The van der Waals surface area contributed by atoms with E-state index in [-0.39, 0.29) is 23.8 Å². The van der Waals surface area contributed by atoms with Gasteiger partial charge in [-0.3, -0.25) is 14.9 Å². The van der Waals surface area contributed by atoms with Crippen molar-refractivity contribution in [1.29, 1.82) is 0 Å². The molecule has 3 heterocycles. The Labute approximate surface area is 154 Å². The SMILES string of the molecule is CCC(CC)c1nnc(NC(=O)c2ccc(Cn3ccccc3=O)o2)s1. The summed E-state index contributed by atoms with van der Waals surface area (Å²) in [5.74, 6) is 0.670. The van der Waals surface area contributed by atoms with Crippen LogP contribution in [0.5, 0.6) is 0 Å². The molecule has 8 heteroatoms. The summed E-state index contributed by atoms with van der Waals surface area (Å²) in [5, 5.41) is 12.3. The molecular weight excluding hydrogens is 352 g/mol. The zero-order valence-corrected chi connectivity index (χ0v) is 15.5. The molecule has 0 aromatic carbocycles. The van der Waals surface area contributed by atoms with Crippen LogP contribution in [-0.4, -0.2) is 20.7 Å². The number of hydrogen-bond acceptors (Lipinski definition) is 6. The number of hydrogen-bond donors (Lipinski definition) is 1. The number of pyridine rings is 1. The predicted molar refractivity (Wildman–Crippen MR) is 99.7 cm³/mol. The molecule has 0 aliphatic heterocycles. The first-order chi connectivity index (χ1) is 12.6. The molecule has 0 spiro atoms. The molecule has 3 aromatic rings. The molecule has 1 amide bonds. The Hall–Kier alpha value is -2.74. The highest BCUT2D eigenvalue weighted by Gasteiger charge is 2.17. The molecule has 0 saturated heterocycles. The van der Waals surface area contributed by atoms with Gasteiger partial charge in [-0.05, 0) is 31.0 Å². The summed E-state index contributed by atoms with van der Waals surface area (Å²) in [5.41, 5.74) is -0.127. The van der Waals surface area contributed by atoms with E-state index in [4.69, 9.17) is 4.42 Å². The molecule has 0 aliphatic rings. The number of amides is 1. The zero-order valence-electron chi connectivity index (χ0n) is 14.6. The van der Waals surface area contributed by atoms with Gasteiger partial charge in [0.25, 0.3) is 11.5 Å². The van der Waals surface area contributed by atoms with Gasteiger partial charge in [0.1, 0.15) is 10.8 Å². The second-order valence-electron chi connectivity index (χ2n) is 5.85. The summed E-state index contributed by atoms with van der Waals surface area (Å²) in [6.07, 6.45) is 3.64. The number of anilines is 1. The maximum absolute atomic E-state index is 12.3. The lowest BCUT2D eigenvalue weighted by molar-refractivity contribution is 0.0994. The van der Waals surface area contributed by atoms with E-state index < -0.39 is 0 Å². The van der Waals surface area contributed by atoms with E-state index in [1.54, 1.807) is 30.5 Å². The van der Waals surface area contributed by atoms with E-state index in [0.717, 1.165) is 17.8 Å². The zero-order chi connectivity index (χ0) is 18.5. The van der Waals surface area contributed by atoms with Gasteiger partial charge in [-0.25, -0.2) is 0 Å². The molecule has 0 atom stereocenters. The summed E-state index contributed by atoms with van der Waals surface area (Å²) in [6.45, 7) is 4.48. The van der Waals surface area contributed by atoms with E-state index in [0.29, 0.717) is 16.8 Å². The minimum atomic E-state index is -0.385. The van der Waals surface area contributed by atoms with Crippen LogP contribution < -0.4 is 10.9 Å². The molecule has 0 bridgehead atoms. The molecule has 1 N–H and O–H groups in total. The second kappa shape index (κ2) is 8.09. The average molecular weight is 372 g/mol. The molecular formula is C18H20N4O3S. The molecule has 136 valence electrons. The van der Waals surface area contributed by atoms with Crippen LogP contribution in [0.1, 0.15) is 53.9 Å². The lowest BCUT2D eigenvalue weighted by Crippen LogP contribution is -2.18. The Bertz CT molecular complexity index is 940. The lowest BCUT2D eigenvalue weighted by Gasteiger charge is -2.05. The van der Waals surface area contributed by atoms with Crippen LogP contribution in [-0.2, 0) is 6.54 Å². The Balaban J connectivity index is 1.67. The molecule has 3 rings (SSSR count). The van der Waals surface area contributed by atoms with Crippen LogP contribution in [0.25, 0.3) is 0 Å². The van der Waals surface area contributed by atoms with Gasteiger partial charge in [0, 0.05) is 18.2 Å². The Morgan fingerprint density at radius 1 is 1.23 bits per heavy atom. The van der Waals surface area contributed by atoms with E-state index in [1.165, 1.54) is 22.0 Å². The van der Waals surface area contributed by atoms with Gasteiger partial charge in [0.15, 0.2) is 5.76 Å². The number of furan rings is 1. The highest BCUT2D eigenvalue weighted by Crippen LogP contribution is 2.28. The number of nitrogens with one attached hydrogen (secondary N) is 1. The van der Waals surface area contributed by atoms with E-state index in [9.17, 15) is 9.59 Å². The van der Waals surface area contributed by atoms with Crippen LogP contribution >= 0.6 is 11.3 Å². The topological polar surface area (TPSA) is 90.0 Å². The summed E-state index contributed by atoms with van der Waals surface area (Å²) in [6, 6.07) is 8.19. The van der Waals surface area contributed by atoms with Crippen LogP contribution in [0.15, 0.2) is 45.7 Å². The van der Waals surface area contributed by atoms with Gasteiger partial charge in [-0.2, -0.15) is 0 Å². The van der Waals surface area contributed by atoms with E-state index >= 15 is 0 Å². The standard InChI is InChI=1S/C18H20N4O3S/c1-3-12(4-2)17-20-21-18(26-17)19-16(24)14-9-8-13(25-14)11-22-10-6-5-7-15(22)23/h5-10,12H,3-4,11H2,1-2H3,(H,19,21,24). The van der Waals surface area contributed by atoms with E-state index in [2.05, 4.69) is 29.4 Å². The molecule has 7 nitrogen and oxygen atoms in total. The number of nitrogens with zero attached hydrogens (tertiary/aromatic N) is 3. The summed E-state index contributed by atoms with van der Waals surface area (Å²) < 4.78 is 7.06. The third kappa shape index (κ3) is 4.08. The molecule has 3 aromatic heterocycles. The van der Waals surface area contributed by atoms with Gasteiger partial charge in [-0.15, -0.1) is 10.2 Å². The van der Waals surface area contributed by atoms with Crippen LogP contribution in [0.3, 0.4) is 0 Å². The number of carbonyl (C=O) groups is 1. The third-order valence-corrected chi connectivity index (χ3v) is 5.11. The van der Waals surface area contributed by atoms with Crippen molar-refractivity contribution >= 4 is 22.4 Å². The Kier molecular flexibility index (Phi) is 5.62. The second-order valence-corrected chi connectivity index (χ2v) is 6.85. The number of aromatic nitrogens is 3. The molecule has 0 fully saturated rings. The van der Waals surface area contributed by atoms with Crippen molar-refractivity contribution in [3.8, 4) is 0 Å². The molecule has 0 saturated carbocycles. The lowest BCUT2D eigenvalue weighted by atomic mass is 10.1. The normalized spacial score (nSPS) is 11.0. The van der Waals surface area contributed by atoms with Crippen molar-refractivity contribution in [3.05, 3.63) is 63.4 Å². The van der Waals surface area contributed by atoms with Crippen molar-refractivity contribution in [2.24, 2.45) is 0 Å². The minimum Gasteiger partial charge on any atom is -0.454 e. The average Bonchev–Trinajstić information content (AvgIpc) is 3.28. The monoisotopic (exact) mass is 372 g/mol. The Morgan fingerprint density at radius 2 is 2.04 bits per heavy atom. The first kappa shape index (κ1) is 18.1. The van der Waals surface area contributed by atoms with E-state index in [1.807, 2.05) is 0 Å². The van der Waals surface area contributed by atoms with Crippen LogP contribution in [0.2, 0.25) is 0 Å². The fourth-order valence-corrected chi connectivity index (χ4v) is 3.60. The van der Waals surface area contributed by atoms with Crippen molar-refractivity contribution in [1.82, 2.24) is 14.8 Å². The quantitative estimate of drug-likeness (QED) is 0.685. The molecule has 26 heavy (non-hydrogen) atoms. The van der Waals surface area contributed by atoms with Gasteiger partial charge >= 0.3 is 0 Å². The maximum Gasteiger partial charge on any atom is 0.293 e. The number of rotatable bonds is 7. The van der Waals surface area contributed by atoms with Gasteiger partial charge in [0.05, 0.1) is 6.54 Å². The van der Waals surface area contributed by atoms with Crippen molar-refractivity contribution in [2.75, 3.05) is 5.32 Å². The third-order valence-electron chi connectivity index (χ3n) is 4.11. The molecule has 0 radical (unpaired) electrons. The highest BCUT2D eigenvalue weighted by atomic mass is 32.1. The molecule has 0 aliphatic carbocycles. The van der Waals surface area contributed by atoms with Crippen LogP contribution in [0, 0.1) is 0 Å². The van der Waals surface area contributed by atoms with Gasteiger partial charge < -0.3 is 8.98 Å². The summed E-state index contributed by atoms with van der Waals surface area (Å²) in [4.78, 5) is 24.1. The summed E-state index contributed by atoms with van der Waals surface area (Å²) >= 11 is 1.38. The predicted octanol–water partition coefficient (Wildman–Crippen LogP) is 3.50. The van der Waals surface area contributed by atoms with Gasteiger partial charge in [-0.1, -0.05) is 31.3 Å². The minimum absolute atomic E-state index is 0.127. The summed E-state index contributed by atoms with van der Waals surface area (Å²) in [7, 11) is 0. The highest BCUT2D eigenvalue weighted by molar-refractivity contribution is 7.15. The Morgan fingerprint density at radius 3 is 2.77 bits per heavy atom. The van der Waals surface area contributed by atoms with Crippen molar-refractivity contribution in [2.45, 2.75) is 39.2 Å². The molecule has 0 unspecified atom stereocenters. The van der Waals surface area contributed by atoms with Gasteiger partial charge in [0.2, 0.25) is 5.13 Å². The first-order valence-electron chi connectivity index (χ1n) is 8.49.